The summed E-state index contributed by atoms with van der Waals surface area (Å²) in [7, 11) is 0. The first kappa shape index (κ1) is 23.1. The molecule has 1 N–H and O–H groups in total. The van der Waals surface area contributed by atoms with Crippen molar-refractivity contribution in [3.8, 4) is 0 Å². The molecule has 0 radical (unpaired) electrons. The van der Waals surface area contributed by atoms with Gasteiger partial charge in [-0.25, -0.2) is 14.6 Å². The largest absolute Gasteiger partial charge is 0.478 e. The number of rotatable bonds is 9. The van der Waals surface area contributed by atoms with Gasteiger partial charge in [0.15, 0.2) is 0 Å². The van der Waals surface area contributed by atoms with Crippen molar-refractivity contribution in [1.82, 2.24) is 0 Å². The third-order valence-electron chi connectivity index (χ3n) is 5.16. The van der Waals surface area contributed by atoms with Gasteiger partial charge in [-0.15, -0.1) is 0 Å². The van der Waals surface area contributed by atoms with E-state index in [4.69, 9.17) is 14.9 Å². The zero-order valence-corrected chi connectivity index (χ0v) is 18.3. The summed E-state index contributed by atoms with van der Waals surface area (Å²) in [4.78, 5) is 21.9. The average Bonchev–Trinajstić information content (AvgIpc) is 2.94. The van der Waals surface area contributed by atoms with Gasteiger partial charge in [-0.2, -0.15) is 0 Å². The van der Waals surface area contributed by atoms with Gasteiger partial charge in [0.1, 0.15) is 11.2 Å². The number of carboxylic acids is 1. The molecule has 0 spiro atoms. The van der Waals surface area contributed by atoms with Crippen LogP contribution in [0.4, 0.5) is 0 Å². The van der Waals surface area contributed by atoms with Crippen LogP contribution in [0.25, 0.3) is 0 Å². The second-order valence-corrected chi connectivity index (χ2v) is 8.92. The average molecular weight is 399 g/mol. The molecule has 0 aromatic heterocycles. The minimum Gasteiger partial charge on any atom is -0.478 e. The highest BCUT2D eigenvalue weighted by molar-refractivity contribution is 5.79. The lowest BCUT2D eigenvalue weighted by Crippen LogP contribution is -2.29. The molecular formula is C25H34O4. The van der Waals surface area contributed by atoms with Crippen LogP contribution in [0.3, 0.4) is 0 Å². The number of carbonyl (C=O) groups is 1. The fourth-order valence-electron chi connectivity index (χ4n) is 4.20. The summed E-state index contributed by atoms with van der Waals surface area (Å²) in [6.07, 6.45) is 10.6. The molecule has 3 atom stereocenters. The maximum atomic E-state index is 10.8. The summed E-state index contributed by atoms with van der Waals surface area (Å²) < 4.78 is 0. The summed E-state index contributed by atoms with van der Waals surface area (Å²) in [6.45, 7) is 10.4. The van der Waals surface area contributed by atoms with Crippen molar-refractivity contribution in [2.24, 2.45) is 5.92 Å². The molecule has 1 saturated heterocycles. The summed E-state index contributed by atoms with van der Waals surface area (Å²) in [6, 6.07) is 10.5. The Balaban J connectivity index is 1.88. The Labute approximate surface area is 174 Å². The monoisotopic (exact) mass is 398 g/mol. The first-order chi connectivity index (χ1) is 13.6. The summed E-state index contributed by atoms with van der Waals surface area (Å²) in [5.41, 5.74) is 2.81. The Morgan fingerprint density at radius 2 is 1.90 bits per heavy atom. The van der Waals surface area contributed by atoms with E-state index in [0.717, 1.165) is 25.3 Å². The predicted molar refractivity (Wildman–Crippen MR) is 116 cm³/mol. The van der Waals surface area contributed by atoms with E-state index in [9.17, 15) is 4.79 Å². The van der Waals surface area contributed by atoms with Crippen molar-refractivity contribution in [2.75, 3.05) is 0 Å². The van der Waals surface area contributed by atoms with E-state index in [2.05, 4.69) is 57.2 Å². The topological polar surface area (TPSA) is 55.8 Å². The quantitative estimate of drug-likeness (QED) is 0.313. The number of aliphatic carboxylic acids is 1. The zero-order chi connectivity index (χ0) is 21.5. The molecule has 0 amide bonds. The molecule has 4 nitrogen and oxygen atoms in total. The van der Waals surface area contributed by atoms with Crippen molar-refractivity contribution in [3.63, 3.8) is 0 Å². The molecule has 29 heavy (non-hydrogen) atoms. The third-order valence-corrected chi connectivity index (χ3v) is 5.16. The van der Waals surface area contributed by atoms with E-state index < -0.39 is 17.2 Å². The molecule has 1 aliphatic rings. The lowest BCUT2D eigenvalue weighted by molar-refractivity contribution is -0.337. The number of benzene rings is 1. The Morgan fingerprint density at radius 1 is 1.21 bits per heavy atom. The molecule has 1 heterocycles. The molecule has 0 bridgehead atoms. The van der Waals surface area contributed by atoms with Crippen LogP contribution in [0.2, 0.25) is 0 Å². The smallest absolute Gasteiger partial charge is 0.328 e. The molecule has 0 aliphatic carbocycles. The van der Waals surface area contributed by atoms with Crippen molar-refractivity contribution < 1.29 is 19.7 Å². The van der Waals surface area contributed by atoms with Gasteiger partial charge in [-0.1, -0.05) is 60.6 Å². The molecule has 0 saturated carbocycles. The van der Waals surface area contributed by atoms with E-state index in [1.54, 1.807) is 6.08 Å². The second-order valence-electron chi connectivity index (χ2n) is 8.92. The van der Waals surface area contributed by atoms with Crippen LogP contribution in [0, 0.1) is 5.92 Å². The van der Waals surface area contributed by atoms with Crippen LogP contribution < -0.4 is 0 Å². The van der Waals surface area contributed by atoms with Crippen LogP contribution in [0.15, 0.2) is 65.8 Å². The van der Waals surface area contributed by atoms with Crippen LogP contribution in [-0.4, -0.2) is 22.3 Å². The van der Waals surface area contributed by atoms with Gasteiger partial charge in [0.05, 0.1) is 0 Å². The number of hydrogen-bond acceptors (Lipinski definition) is 3. The summed E-state index contributed by atoms with van der Waals surface area (Å²) in [5, 5.41) is 8.84. The molecule has 3 unspecified atom stereocenters. The fourth-order valence-corrected chi connectivity index (χ4v) is 4.20. The highest BCUT2D eigenvalue weighted by Crippen LogP contribution is 2.41. The first-order valence-corrected chi connectivity index (χ1v) is 10.3. The molecule has 1 aliphatic heterocycles. The van der Waals surface area contributed by atoms with E-state index in [1.807, 2.05) is 19.9 Å². The molecule has 4 heteroatoms. The van der Waals surface area contributed by atoms with Gasteiger partial charge in [-0.05, 0) is 64.5 Å². The highest BCUT2D eigenvalue weighted by atomic mass is 17.2. The van der Waals surface area contributed by atoms with Crippen molar-refractivity contribution in [2.45, 2.75) is 71.5 Å². The van der Waals surface area contributed by atoms with Gasteiger partial charge in [0.2, 0.25) is 0 Å². The maximum Gasteiger partial charge on any atom is 0.328 e. The molecule has 1 aromatic carbocycles. The van der Waals surface area contributed by atoms with Gasteiger partial charge in [0, 0.05) is 12.5 Å². The first-order valence-electron chi connectivity index (χ1n) is 10.3. The van der Waals surface area contributed by atoms with E-state index >= 15 is 0 Å². The van der Waals surface area contributed by atoms with Gasteiger partial charge >= 0.3 is 5.97 Å². The minimum atomic E-state index is -0.978. The fraction of sp³-hybridized carbons (Fsp3) is 0.480. The standard InChI is InChI=1S/C25H34O4/c1-19(11-12-22-9-7-6-8-10-22)15-20(2)16-21(3)17-25(5)18-24(4,28-29-25)14-13-23(26)27/h6-11,13-15,21H,12,16-18H2,1-5H3,(H,26,27). The minimum absolute atomic E-state index is 0.421. The van der Waals surface area contributed by atoms with Crippen molar-refractivity contribution >= 4 is 5.97 Å². The molecule has 1 aromatic rings. The Morgan fingerprint density at radius 3 is 2.55 bits per heavy atom. The number of allylic oxidation sites excluding steroid dienone is 4. The van der Waals surface area contributed by atoms with E-state index in [1.165, 1.54) is 16.7 Å². The normalized spacial score (nSPS) is 26.8. The number of carboxylic acid groups (broad SMARTS) is 1. The van der Waals surface area contributed by atoms with Crippen LogP contribution in [-0.2, 0) is 21.0 Å². The van der Waals surface area contributed by atoms with Gasteiger partial charge < -0.3 is 5.11 Å². The summed E-state index contributed by atoms with van der Waals surface area (Å²) in [5.74, 6) is -0.555. The lowest BCUT2D eigenvalue weighted by Gasteiger charge is -2.25. The SMILES string of the molecule is CC(=CCc1ccccc1)C=C(C)CC(C)CC1(C)CC(C)(C=CC(=O)O)OO1. The zero-order valence-electron chi connectivity index (χ0n) is 18.3. The van der Waals surface area contributed by atoms with E-state index in [0.29, 0.717) is 12.3 Å². The van der Waals surface area contributed by atoms with Crippen LogP contribution in [0.1, 0.15) is 59.4 Å². The summed E-state index contributed by atoms with van der Waals surface area (Å²) >= 11 is 0. The molecule has 2 rings (SSSR count). The Bertz CT molecular complexity index is 777. The van der Waals surface area contributed by atoms with Crippen molar-refractivity contribution in [1.29, 1.82) is 0 Å². The third kappa shape index (κ3) is 8.00. The second kappa shape index (κ2) is 10.0. The maximum absolute atomic E-state index is 10.8. The number of hydrogen-bond donors (Lipinski definition) is 1. The lowest BCUT2D eigenvalue weighted by atomic mass is 9.82. The van der Waals surface area contributed by atoms with E-state index in [-0.39, 0.29) is 0 Å². The van der Waals surface area contributed by atoms with Crippen LogP contribution in [0.5, 0.6) is 0 Å². The van der Waals surface area contributed by atoms with Crippen molar-refractivity contribution in [3.05, 3.63) is 71.3 Å². The highest BCUT2D eigenvalue weighted by Gasteiger charge is 2.45. The van der Waals surface area contributed by atoms with Gasteiger partial charge in [0.25, 0.3) is 0 Å². The predicted octanol–water partition coefficient (Wildman–Crippen LogP) is 6.05. The Kier molecular flexibility index (Phi) is 8.00. The molecular weight excluding hydrogens is 364 g/mol. The molecule has 1 fully saturated rings. The molecule has 158 valence electrons. The van der Waals surface area contributed by atoms with Crippen LogP contribution >= 0.6 is 0 Å². The Hall–Kier alpha value is -2.17. The van der Waals surface area contributed by atoms with Gasteiger partial charge in [-0.3, -0.25) is 0 Å².